The second-order valence-corrected chi connectivity index (χ2v) is 6.93. The molecule has 0 bridgehead atoms. The number of carbonyl (C=O) groups is 3. The molecule has 1 unspecified atom stereocenters. The van der Waals surface area contributed by atoms with Crippen LogP contribution in [-0.2, 0) is 25.5 Å². The molecule has 0 aromatic heterocycles. The minimum absolute atomic E-state index is 0.0482. The Labute approximate surface area is 157 Å². The van der Waals surface area contributed by atoms with Gasteiger partial charge in [0.15, 0.2) is 16.6 Å². The molecule has 142 valence electrons. The number of anilines is 1. The normalized spacial score (nSPS) is 15.4. The Morgan fingerprint density at radius 1 is 1.19 bits per heavy atom. The monoisotopic (exact) mass is 381 g/mol. The zero-order valence-corrected chi connectivity index (χ0v) is 16.2. The molecule has 1 aliphatic rings. The highest BCUT2D eigenvalue weighted by Gasteiger charge is 2.40. The van der Waals surface area contributed by atoms with Gasteiger partial charge in [-0.25, -0.2) is 4.79 Å². The van der Waals surface area contributed by atoms with Crippen LogP contribution in [0.15, 0.2) is 12.1 Å². The summed E-state index contributed by atoms with van der Waals surface area (Å²) >= 11 is 1.09. The molecule has 7 nitrogen and oxygen atoms in total. The first kappa shape index (κ1) is 20.1. The summed E-state index contributed by atoms with van der Waals surface area (Å²) in [5.41, 5.74) is 1.42. The van der Waals surface area contributed by atoms with Crippen LogP contribution in [0.3, 0.4) is 0 Å². The molecule has 0 saturated carbocycles. The van der Waals surface area contributed by atoms with Crippen LogP contribution in [0.1, 0.15) is 25.8 Å². The number of benzene rings is 1. The van der Waals surface area contributed by atoms with Gasteiger partial charge in [0.05, 0.1) is 26.5 Å². The average Bonchev–Trinajstić information content (AvgIpc) is 2.98. The number of fused-ring (bicyclic) bond motifs is 1. The summed E-state index contributed by atoms with van der Waals surface area (Å²) in [6.45, 7) is 3.42. The van der Waals surface area contributed by atoms with Gasteiger partial charge < -0.3 is 14.2 Å². The van der Waals surface area contributed by atoms with E-state index < -0.39 is 12.0 Å². The molecular formula is C18H23NO6S. The number of rotatable bonds is 7. The second kappa shape index (κ2) is 8.93. The first-order chi connectivity index (χ1) is 12.4. The number of nitrogens with zero attached hydrogens (tertiary/aromatic N) is 1. The van der Waals surface area contributed by atoms with Crippen molar-refractivity contribution in [3.8, 4) is 11.5 Å². The van der Waals surface area contributed by atoms with Crippen molar-refractivity contribution in [2.45, 2.75) is 32.7 Å². The van der Waals surface area contributed by atoms with Gasteiger partial charge in [-0.3, -0.25) is 14.5 Å². The highest BCUT2D eigenvalue weighted by molar-refractivity contribution is 8.13. The van der Waals surface area contributed by atoms with Crippen molar-refractivity contribution < 1.29 is 28.6 Å². The van der Waals surface area contributed by atoms with E-state index in [1.165, 1.54) is 26.0 Å². The molecule has 8 heteroatoms. The van der Waals surface area contributed by atoms with E-state index in [0.717, 1.165) is 17.3 Å². The van der Waals surface area contributed by atoms with Crippen molar-refractivity contribution >= 4 is 34.4 Å². The van der Waals surface area contributed by atoms with Gasteiger partial charge in [0.1, 0.15) is 6.04 Å². The molecule has 0 N–H and O–H groups in total. The molecule has 1 aromatic carbocycles. The molecular weight excluding hydrogens is 358 g/mol. The number of ether oxygens (including phenoxy) is 3. The van der Waals surface area contributed by atoms with Crippen LogP contribution in [0.5, 0.6) is 11.5 Å². The summed E-state index contributed by atoms with van der Waals surface area (Å²) in [7, 11) is 3.04. The van der Waals surface area contributed by atoms with Crippen LogP contribution in [0.2, 0.25) is 0 Å². The third-order valence-corrected chi connectivity index (χ3v) is 4.83. The molecule has 0 radical (unpaired) electrons. The number of hydrogen-bond donors (Lipinski definition) is 0. The molecule has 0 saturated heterocycles. The highest BCUT2D eigenvalue weighted by atomic mass is 32.2. The standard InChI is InChI=1S/C18H23NO6S/c1-5-25-18(22)14-8-12-9-15(23-3)16(24-4)10-13(12)19(14)17(21)6-7-26-11(2)20/h9-10,14H,5-8H2,1-4H3. The van der Waals surface area contributed by atoms with Crippen LogP contribution < -0.4 is 14.4 Å². The molecule has 1 atom stereocenters. The van der Waals surface area contributed by atoms with Crippen LogP contribution >= 0.6 is 11.8 Å². The lowest BCUT2D eigenvalue weighted by Gasteiger charge is -2.24. The summed E-state index contributed by atoms with van der Waals surface area (Å²) in [4.78, 5) is 37.7. The van der Waals surface area contributed by atoms with E-state index >= 15 is 0 Å². The highest BCUT2D eigenvalue weighted by Crippen LogP contribution is 2.41. The fraction of sp³-hybridized carbons (Fsp3) is 0.500. The van der Waals surface area contributed by atoms with Crippen LogP contribution in [0.25, 0.3) is 0 Å². The predicted octanol–water partition coefficient (Wildman–Crippen LogP) is 2.19. The zero-order valence-electron chi connectivity index (χ0n) is 15.4. The molecule has 26 heavy (non-hydrogen) atoms. The van der Waals surface area contributed by atoms with Gasteiger partial charge in [-0.1, -0.05) is 11.8 Å². The fourth-order valence-electron chi connectivity index (χ4n) is 2.90. The SMILES string of the molecule is CCOC(=O)C1Cc2cc(OC)c(OC)cc2N1C(=O)CCSC(C)=O. The lowest BCUT2D eigenvalue weighted by molar-refractivity contribution is -0.145. The van der Waals surface area contributed by atoms with E-state index in [-0.39, 0.29) is 24.1 Å². The summed E-state index contributed by atoms with van der Waals surface area (Å²) in [5, 5.41) is -0.0482. The smallest absolute Gasteiger partial charge is 0.329 e. The second-order valence-electron chi connectivity index (χ2n) is 5.66. The molecule has 0 aliphatic carbocycles. The topological polar surface area (TPSA) is 82.1 Å². The molecule has 0 spiro atoms. The van der Waals surface area contributed by atoms with Crippen molar-refractivity contribution in [3.63, 3.8) is 0 Å². The van der Waals surface area contributed by atoms with Gasteiger partial charge in [-0.05, 0) is 18.6 Å². The first-order valence-corrected chi connectivity index (χ1v) is 9.28. The van der Waals surface area contributed by atoms with E-state index in [0.29, 0.717) is 29.4 Å². The minimum Gasteiger partial charge on any atom is -0.493 e. The van der Waals surface area contributed by atoms with E-state index in [2.05, 4.69) is 0 Å². The van der Waals surface area contributed by atoms with E-state index in [1.54, 1.807) is 19.1 Å². The number of methoxy groups -OCH3 is 2. The zero-order chi connectivity index (χ0) is 19.3. The molecule has 1 aliphatic heterocycles. The van der Waals surface area contributed by atoms with Crippen LogP contribution in [-0.4, -0.2) is 49.6 Å². The number of carbonyl (C=O) groups excluding carboxylic acids is 3. The minimum atomic E-state index is -0.725. The fourth-order valence-corrected chi connectivity index (χ4v) is 3.47. The molecule has 2 rings (SSSR count). The Morgan fingerprint density at radius 3 is 2.42 bits per heavy atom. The quantitative estimate of drug-likeness (QED) is 0.670. The van der Waals surface area contributed by atoms with Crippen molar-refractivity contribution in [2.75, 3.05) is 31.5 Å². The number of hydrogen-bond acceptors (Lipinski definition) is 7. The van der Waals surface area contributed by atoms with Gasteiger partial charge in [0, 0.05) is 31.6 Å². The van der Waals surface area contributed by atoms with Crippen molar-refractivity contribution in [1.82, 2.24) is 0 Å². The van der Waals surface area contributed by atoms with E-state index in [4.69, 9.17) is 14.2 Å². The number of thioether (sulfide) groups is 1. The van der Waals surface area contributed by atoms with Crippen LogP contribution in [0.4, 0.5) is 5.69 Å². The number of esters is 1. The van der Waals surface area contributed by atoms with Crippen molar-refractivity contribution in [1.29, 1.82) is 0 Å². The largest absolute Gasteiger partial charge is 0.493 e. The molecule has 1 aromatic rings. The Bertz CT molecular complexity index is 705. The summed E-state index contributed by atoms with van der Waals surface area (Å²) < 4.78 is 15.8. The van der Waals surface area contributed by atoms with Gasteiger partial charge >= 0.3 is 5.97 Å². The summed E-state index contributed by atoms with van der Waals surface area (Å²) in [5.74, 6) is 0.696. The third-order valence-electron chi connectivity index (χ3n) is 4.02. The molecule has 0 fully saturated rings. The average molecular weight is 381 g/mol. The Morgan fingerprint density at radius 2 is 1.85 bits per heavy atom. The third kappa shape index (κ3) is 4.30. The number of amides is 1. The van der Waals surface area contributed by atoms with Gasteiger partial charge in [0.2, 0.25) is 5.91 Å². The molecule has 1 amide bonds. The summed E-state index contributed by atoms with van der Waals surface area (Å²) in [6.07, 6.45) is 0.494. The van der Waals surface area contributed by atoms with Gasteiger partial charge in [0.25, 0.3) is 0 Å². The Balaban J connectivity index is 2.35. The van der Waals surface area contributed by atoms with Crippen LogP contribution in [0, 0.1) is 0 Å². The van der Waals surface area contributed by atoms with E-state index in [1.807, 2.05) is 0 Å². The summed E-state index contributed by atoms with van der Waals surface area (Å²) in [6, 6.07) is 2.75. The predicted molar refractivity (Wildman–Crippen MR) is 98.9 cm³/mol. The van der Waals surface area contributed by atoms with Crippen molar-refractivity contribution in [2.24, 2.45) is 0 Å². The van der Waals surface area contributed by atoms with Gasteiger partial charge in [-0.2, -0.15) is 0 Å². The molecule has 1 heterocycles. The maximum atomic E-state index is 12.8. The Kier molecular flexibility index (Phi) is 6.90. The first-order valence-electron chi connectivity index (χ1n) is 8.29. The lowest BCUT2D eigenvalue weighted by atomic mass is 10.1. The van der Waals surface area contributed by atoms with Crippen molar-refractivity contribution in [3.05, 3.63) is 17.7 Å². The van der Waals surface area contributed by atoms with E-state index in [9.17, 15) is 14.4 Å². The maximum Gasteiger partial charge on any atom is 0.329 e. The van der Waals surface area contributed by atoms with Gasteiger partial charge in [-0.15, -0.1) is 0 Å². The Hall–Kier alpha value is -2.22. The maximum absolute atomic E-state index is 12.8. The lowest BCUT2D eigenvalue weighted by Crippen LogP contribution is -2.44.